The maximum atomic E-state index is 11.4. The lowest BCUT2D eigenvalue weighted by atomic mass is 10.2. The molecule has 0 aromatic carbocycles. The van der Waals surface area contributed by atoms with E-state index < -0.39 is 6.04 Å². The quantitative estimate of drug-likeness (QED) is 0.673. The van der Waals surface area contributed by atoms with Crippen molar-refractivity contribution in [1.82, 2.24) is 4.90 Å². The first-order valence-electron chi connectivity index (χ1n) is 5.93. The Morgan fingerprint density at radius 2 is 2.38 bits per heavy atom. The van der Waals surface area contributed by atoms with Crippen LogP contribution < -0.4 is 5.73 Å². The summed E-state index contributed by atoms with van der Waals surface area (Å²) < 4.78 is 10.4. The largest absolute Gasteiger partial charge is 0.465 e. The number of nitrogens with zero attached hydrogens (tertiary/aromatic N) is 1. The molecule has 0 saturated carbocycles. The molecule has 0 bridgehead atoms. The molecule has 1 aliphatic heterocycles. The van der Waals surface area contributed by atoms with Gasteiger partial charge in [-0.2, -0.15) is 0 Å². The minimum absolute atomic E-state index is 0.267. The number of esters is 1. The summed E-state index contributed by atoms with van der Waals surface area (Å²) in [4.78, 5) is 13.5. The van der Waals surface area contributed by atoms with Crippen LogP contribution in [-0.2, 0) is 14.3 Å². The van der Waals surface area contributed by atoms with Crippen LogP contribution in [0.4, 0.5) is 0 Å². The summed E-state index contributed by atoms with van der Waals surface area (Å²) in [6, 6.07) is -0.546. The fourth-order valence-electron chi connectivity index (χ4n) is 1.80. The van der Waals surface area contributed by atoms with Gasteiger partial charge in [-0.25, -0.2) is 0 Å². The molecule has 1 fully saturated rings. The molecular formula is C11H22N2O3. The predicted molar refractivity (Wildman–Crippen MR) is 61.1 cm³/mol. The number of morpholine rings is 1. The third-order valence-corrected chi connectivity index (χ3v) is 2.72. The van der Waals surface area contributed by atoms with Gasteiger partial charge in [0, 0.05) is 19.6 Å². The highest BCUT2D eigenvalue weighted by Gasteiger charge is 2.23. The normalized spacial score (nSPS) is 24.1. The first-order chi connectivity index (χ1) is 7.67. The number of rotatable bonds is 5. The Kier molecular flexibility index (Phi) is 5.73. The summed E-state index contributed by atoms with van der Waals surface area (Å²) in [7, 11) is 0. The number of hydrogen-bond acceptors (Lipinski definition) is 5. The van der Waals surface area contributed by atoms with Crippen LogP contribution in [0.2, 0.25) is 0 Å². The molecule has 94 valence electrons. The highest BCUT2D eigenvalue weighted by atomic mass is 16.5. The van der Waals surface area contributed by atoms with Crippen molar-refractivity contribution in [2.75, 3.05) is 32.8 Å². The Balaban J connectivity index is 2.32. The first-order valence-corrected chi connectivity index (χ1v) is 5.93. The molecule has 2 N–H and O–H groups in total. The third-order valence-electron chi connectivity index (χ3n) is 2.72. The molecule has 0 aromatic rings. The van der Waals surface area contributed by atoms with Crippen molar-refractivity contribution in [1.29, 1.82) is 0 Å². The molecule has 1 rings (SSSR count). The molecule has 0 radical (unpaired) electrons. The SMILES string of the molecule is CCOC(=O)C(N)CN1CCOC(CC)C1. The average molecular weight is 230 g/mol. The summed E-state index contributed by atoms with van der Waals surface area (Å²) in [5.74, 6) is -0.318. The number of carbonyl (C=O) groups excluding carboxylic acids is 1. The Bertz CT molecular complexity index is 223. The molecule has 5 heteroatoms. The van der Waals surface area contributed by atoms with E-state index in [1.165, 1.54) is 0 Å². The van der Waals surface area contributed by atoms with Crippen LogP contribution in [0, 0.1) is 0 Å². The zero-order valence-electron chi connectivity index (χ0n) is 10.1. The molecule has 2 atom stereocenters. The van der Waals surface area contributed by atoms with Gasteiger partial charge < -0.3 is 15.2 Å². The number of hydrogen-bond donors (Lipinski definition) is 1. The van der Waals surface area contributed by atoms with Gasteiger partial charge in [0.1, 0.15) is 6.04 Å². The second kappa shape index (κ2) is 6.83. The maximum absolute atomic E-state index is 11.4. The van der Waals surface area contributed by atoms with Crippen molar-refractivity contribution in [3.05, 3.63) is 0 Å². The summed E-state index contributed by atoms with van der Waals surface area (Å²) in [6.07, 6.45) is 1.26. The molecule has 0 spiro atoms. The number of ether oxygens (including phenoxy) is 2. The van der Waals surface area contributed by atoms with Gasteiger partial charge >= 0.3 is 5.97 Å². The third kappa shape index (κ3) is 4.08. The Hall–Kier alpha value is -0.650. The smallest absolute Gasteiger partial charge is 0.324 e. The van der Waals surface area contributed by atoms with Crippen LogP contribution in [0.25, 0.3) is 0 Å². The van der Waals surface area contributed by atoms with Crippen LogP contribution in [-0.4, -0.2) is 55.9 Å². The molecular weight excluding hydrogens is 208 g/mol. The molecule has 0 amide bonds. The zero-order valence-corrected chi connectivity index (χ0v) is 10.1. The minimum atomic E-state index is -0.546. The van der Waals surface area contributed by atoms with Gasteiger partial charge in [0.2, 0.25) is 0 Å². The van der Waals surface area contributed by atoms with Crippen molar-refractivity contribution in [2.24, 2.45) is 5.73 Å². The number of carbonyl (C=O) groups is 1. The van der Waals surface area contributed by atoms with E-state index in [1.807, 2.05) is 0 Å². The highest BCUT2D eigenvalue weighted by Crippen LogP contribution is 2.08. The average Bonchev–Trinajstić information content (AvgIpc) is 2.29. The number of nitrogens with two attached hydrogens (primary N) is 1. The fraction of sp³-hybridized carbons (Fsp3) is 0.909. The van der Waals surface area contributed by atoms with Crippen LogP contribution >= 0.6 is 0 Å². The van der Waals surface area contributed by atoms with Crippen molar-refractivity contribution >= 4 is 5.97 Å². The molecule has 16 heavy (non-hydrogen) atoms. The summed E-state index contributed by atoms with van der Waals surface area (Å²) in [5, 5.41) is 0. The van der Waals surface area contributed by atoms with E-state index in [0.717, 1.165) is 19.5 Å². The van der Waals surface area contributed by atoms with Crippen LogP contribution in [0.1, 0.15) is 20.3 Å². The first kappa shape index (κ1) is 13.4. The van der Waals surface area contributed by atoms with Crippen LogP contribution in [0.5, 0.6) is 0 Å². The van der Waals surface area contributed by atoms with Gasteiger partial charge in [0.15, 0.2) is 0 Å². The molecule has 1 heterocycles. The lowest BCUT2D eigenvalue weighted by Gasteiger charge is -2.33. The minimum Gasteiger partial charge on any atom is -0.465 e. The van der Waals surface area contributed by atoms with Gasteiger partial charge in [0.05, 0.1) is 19.3 Å². The molecule has 5 nitrogen and oxygen atoms in total. The predicted octanol–water partition coefficient (Wildman–Crippen LogP) is -0.0124. The van der Waals surface area contributed by atoms with Gasteiger partial charge in [-0.3, -0.25) is 9.69 Å². The molecule has 0 aromatic heterocycles. The van der Waals surface area contributed by atoms with E-state index in [4.69, 9.17) is 15.2 Å². The van der Waals surface area contributed by atoms with Gasteiger partial charge in [0.25, 0.3) is 0 Å². The van der Waals surface area contributed by atoms with E-state index >= 15 is 0 Å². The maximum Gasteiger partial charge on any atom is 0.324 e. The summed E-state index contributed by atoms with van der Waals surface area (Å²) in [5.41, 5.74) is 5.76. The Labute approximate surface area is 96.9 Å². The second-order valence-corrected chi connectivity index (χ2v) is 4.02. The molecule has 1 aliphatic rings. The van der Waals surface area contributed by atoms with Crippen LogP contribution in [0.3, 0.4) is 0 Å². The van der Waals surface area contributed by atoms with Gasteiger partial charge in [-0.1, -0.05) is 6.92 Å². The Morgan fingerprint density at radius 3 is 3.00 bits per heavy atom. The zero-order chi connectivity index (χ0) is 12.0. The second-order valence-electron chi connectivity index (χ2n) is 4.02. The van der Waals surface area contributed by atoms with E-state index in [9.17, 15) is 4.79 Å². The molecule has 0 aliphatic carbocycles. The van der Waals surface area contributed by atoms with E-state index in [2.05, 4.69) is 11.8 Å². The van der Waals surface area contributed by atoms with Gasteiger partial charge in [-0.05, 0) is 13.3 Å². The van der Waals surface area contributed by atoms with Crippen molar-refractivity contribution in [3.8, 4) is 0 Å². The summed E-state index contributed by atoms with van der Waals surface area (Å²) in [6.45, 7) is 7.22. The lowest BCUT2D eigenvalue weighted by Crippen LogP contribution is -2.49. The summed E-state index contributed by atoms with van der Waals surface area (Å²) >= 11 is 0. The van der Waals surface area contributed by atoms with E-state index in [1.54, 1.807) is 6.92 Å². The van der Waals surface area contributed by atoms with Crippen molar-refractivity contribution < 1.29 is 14.3 Å². The highest BCUT2D eigenvalue weighted by molar-refractivity contribution is 5.75. The van der Waals surface area contributed by atoms with Gasteiger partial charge in [-0.15, -0.1) is 0 Å². The molecule has 2 unspecified atom stereocenters. The van der Waals surface area contributed by atoms with Crippen LogP contribution in [0.15, 0.2) is 0 Å². The van der Waals surface area contributed by atoms with E-state index in [0.29, 0.717) is 19.8 Å². The fourth-order valence-corrected chi connectivity index (χ4v) is 1.80. The van der Waals surface area contributed by atoms with Crippen molar-refractivity contribution in [2.45, 2.75) is 32.4 Å². The lowest BCUT2D eigenvalue weighted by molar-refractivity contribution is -0.145. The molecule has 1 saturated heterocycles. The van der Waals surface area contributed by atoms with E-state index in [-0.39, 0.29) is 12.1 Å². The van der Waals surface area contributed by atoms with Crippen molar-refractivity contribution in [3.63, 3.8) is 0 Å². The topological polar surface area (TPSA) is 64.8 Å². The Morgan fingerprint density at radius 1 is 1.62 bits per heavy atom. The monoisotopic (exact) mass is 230 g/mol. The standard InChI is InChI=1S/C11H22N2O3/c1-3-9-7-13(5-6-16-9)8-10(12)11(14)15-4-2/h9-10H,3-8,12H2,1-2H3.